The van der Waals surface area contributed by atoms with Gasteiger partial charge in [-0.25, -0.2) is 0 Å². The summed E-state index contributed by atoms with van der Waals surface area (Å²) in [5.74, 6) is -0.775. The SMILES string of the molecule is CC(C)N(Cc1ccccc1)[C@H]1CCCC[C@H]1NCC(=O)O. The van der Waals surface area contributed by atoms with Crippen LogP contribution < -0.4 is 5.32 Å². The fourth-order valence-corrected chi connectivity index (χ4v) is 3.44. The third-order valence-electron chi connectivity index (χ3n) is 4.54. The van der Waals surface area contributed by atoms with Crippen molar-refractivity contribution in [2.75, 3.05) is 6.54 Å². The van der Waals surface area contributed by atoms with Crippen molar-refractivity contribution < 1.29 is 9.90 Å². The number of rotatable bonds is 7. The molecule has 22 heavy (non-hydrogen) atoms. The first-order chi connectivity index (χ1) is 10.6. The van der Waals surface area contributed by atoms with Crippen molar-refractivity contribution in [2.45, 2.75) is 64.2 Å². The fraction of sp³-hybridized carbons (Fsp3) is 0.611. The predicted octanol–water partition coefficient (Wildman–Crippen LogP) is 2.88. The molecule has 0 bridgehead atoms. The highest BCUT2D eigenvalue weighted by molar-refractivity contribution is 5.69. The first-order valence-corrected chi connectivity index (χ1v) is 8.32. The molecule has 2 rings (SSSR count). The molecule has 4 nitrogen and oxygen atoms in total. The lowest BCUT2D eigenvalue weighted by Gasteiger charge is -2.42. The molecule has 0 aliphatic heterocycles. The van der Waals surface area contributed by atoms with Crippen LogP contribution in [0.3, 0.4) is 0 Å². The van der Waals surface area contributed by atoms with Crippen LogP contribution in [-0.4, -0.2) is 40.6 Å². The molecule has 122 valence electrons. The zero-order chi connectivity index (χ0) is 15.9. The van der Waals surface area contributed by atoms with Crippen LogP contribution in [0, 0.1) is 0 Å². The van der Waals surface area contributed by atoms with Crippen LogP contribution in [0.25, 0.3) is 0 Å². The first kappa shape index (κ1) is 17.0. The highest BCUT2D eigenvalue weighted by Crippen LogP contribution is 2.26. The molecule has 0 heterocycles. The minimum atomic E-state index is -0.775. The van der Waals surface area contributed by atoms with Crippen LogP contribution in [0.2, 0.25) is 0 Å². The van der Waals surface area contributed by atoms with E-state index in [9.17, 15) is 4.79 Å². The molecular formula is C18H28N2O2. The van der Waals surface area contributed by atoms with E-state index >= 15 is 0 Å². The van der Waals surface area contributed by atoms with Crippen LogP contribution in [-0.2, 0) is 11.3 Å². The van der Waals surface area contributed by atoms with Crippen LogP contribution in [0.15, 0.2) is 30.3 Å². The molecule has 1 aliphatic carbocycles. The lowest BCUT2D eigenvalue weighted by molar-refractivity contribution is -0.136. The highest BCUT2D eigenvalue weighted by atomic mass is 16.4. The van der Waals surface area contributed by atoms with Gasteiger partial charge in [-0.2, -0.15) is 0 Å². The number of carboxylic acids is 1. The van der Waals surface area contributed by atoms with Crippen molar-refractivity contribution in [1.82, 2.24) is 10.2 Å². The molecule has 1 aromatic carbocycles. The van der Waals surface area contributed by atoms with Crippen molar-refractivity contribution in [1.29, 1.82) is 0 Å². The Kier molecular flexibility index (Phi) is 6.40. The van der Waals surface area contributed by atoms with E-state index in [0.717, 1.165) is 19.4 Å². The maximum absolute atomic E-state index is 10.9. The van der Waals surface area contributed by atoms with Crippen molar-refractivity contribution in [2.24, 2.45) is 0 Å². The molecule has 1 aliphatic rings. The second kappa shape index (κ2) is 8.30. The molecule has 1 aromatic rings. The van der Waals surface area contributed by atoms with Gasteiger partial charge >= 0.3 is 5.97 Å². The summed E-state index contributed by atoms with van der Waals surface area (Å²) in [7, 11) is 0. The Bertz CT molecular complexity index is 461. The van der Waals surface area contributed by atoms with Gasteiger partial charge in [0.05, 0.1) is 6.54 Å². The van der Waals surface area contributed by atoms with Crippen LogP contribution in [0.5, 0.6) is 0 Å². The molecular weight excluding hydrogens is 276 g/mol. The van der Waals surface area contributed by atoms with E-state index in [1.807, 2.05) is 6.07 Å². The number of nitrogens with one attached hydrogen (secondary N) is 1. The minimum absolute atomic E-state index is 0.0540. The average Bonchev–Trinajstić information content (AvgIpc) is 2.52. The smallest absolute Gasteiger partial charge is 0.317 e. The highest BCUT2D eigenvalue weighted by Gasteiger charge is 2.31. The Balaban J connectivity index is 2.08. The van der Waals surface area contributed by atoms with Gasteiger partial charge in [0.2, 0.25) is 0 Å². The average molecular weight is 304 g/mol. The maximum atomic E-state index is 10.9. The first-order valence-electron chi connectivity index (χ1n) is 8.32. The van der Waals surface area contributed by atoms with Gasteiger partial charge in [0.1, 0.15) is 0 Å². The predicted molar refractivity (Wildman–Crippen MR) is 88.8 cm³/mol. The molecule has 0 saturated heterocycles. The standard InChI is InChI=1S/C18H28N2O2/c1-14(2)20(13-15-8-4-3-5-9-15)17-11-7-6-10-16(17)19-12-18(21)22/h3-5,8-9,14,16-17,19H,6-7,10-13H2,1-2H3,(H,21,22)/t16-,17+/m1/s1. The Morgan fingerprint density at radius 3 is 2.59 bits per heavy atom. The van der Waals surface area contributed by atoms with Crippen LogP contribution >= 0.6 is 0 Å². The summed E-state index contributed by atoms with van der Waals surface area (Å²) in [4.78, 5) is 13.4. The number of carboxylic acid groups (broad SMARTS) is 1. The summed E-state index contributed by atoms with van der Waals surface area (Å²) in [5.41, 5.74) is 1.32. The number of benzene rings is 1. The van der Waals surface area contributed by atoms with E-state index < -0.39 is 5.97 Å². The Morgan fingerprint density at radius 2 is 1.95 bits per heavy atom. The van der Waals surface area contributed by atoms with Gasteiger partial charge in [-0.1, -0.05) is 43.2 Å². The van der Waals surface area contributed by atoms with Crippen molar-refractivity contribution >= 4 is 5.97 Å². The summed E-state index contributed by atoms with van der Waals surface area (Å²) >= 11 is 0. The molecule has 0 amide bonds. The van der Waals surface area contributed by atoms with Gasteiger partial charge in [0, 0.05) is 24.7 Å². The Labute approximate surface area is 133 Å². The second-order valence-corrected chi connectivity index (χ2v) is 6.48. The molecule has 0 spiro atoms. The second-order valence-electron chi connectivity index (χ2n) is 6.48. The van der Waals surface area contributed by atoms with Gasteiger partial charge in [0.15, 0.2) is 0 Å². The summed E-state index contributed by atoms with van der Waals surface area (Å²) in [6.45, 7) is 5.43. The Morgan fingerprint density at radius 1 is 1.27 bits per heavy atom. The number of hydrogen-bond acceptors (Lipinski definition) is 3. The number of carbonyl (C=O) groups is 1. The number of nitrogens with zero attached hydrogens (tertiary/aromatic N) is 1. The quantitative estimate of drug-likeness (QED) is 0.813. The molecule has 0 unspecified atom stereocenters. The normalized spacial score (nSPS) is 22.2. The van der Waals surface area contributed by atoms with Crippen molar-refractivity contribution in [3.63, 3.8) is 0 Å². The van der Waals surface area contributed by atoms with Gasteiger partial charge in [-0.3, -0.25) is 9.69 Å². The van der Waals surface area contributed by atoms with Crippen LogP contribution in [0.4, 0.5) is 0 Å². The van der Waals surface area contributed by atoms with Crippen molar-refractivity contribution in [3.05, 3.63) is 35.9 Å². The lowest BCUT2D eigenvalue weighted by atomic mass is 9.88. The maximum Gasteiger partial charge on any atom is 0.317 e. The summed E-state index contributed by atoms with van der Waals surface area (Å²) < 4.78 is 0. The van der Waals surface area contributed by atoms with E-state index in [0.29, 0.717) is 12.1 Å². The van der Waals surface area contributed by atoms with E-state index in [1.165, 1.54) is 18.4 Å². The summed E-state index contributed by atoms with van der Waals surface area (Å²) in [6.07, 6.45) is 4.62. The number of hydrogen-bond donors (Lipinski definition) is 2. The lowest BCUT2D eigenvalue weighted by Crippen LogP contribution is -2.54. The van der Waals surface area contributed by atoms with Crippen LogP contribution in [0.1, 0.15) is 45.1 Å². The van der Waals surface area contributed by atoms with E-state index in [4.69, 9.17) is 5.11 Å². The third-order valence-corrected chi connectivity index (χ3v) is 4.54. The van der Waals surface area contributed by atoms with Gasteiger partial charge < -0.3 is 10.4 Å². The van der Waals surface area contributed by atoms with Crippen molar-refractivity contribution in [3.8, 4) is 0 Å². The zero-order valence-corrected chi connectivity index (χ0v) is 13.7. The molecule has 2 N–H and O–H groups in total. The summed E-state index contributed by atoms with van der Waals surface area (Å²) in [5, 5.41) is 12.2. The van der Waals surface area contributed by atoms with E-state index in [-0.39, 0.29) is 12.6 Å². The Hall–Kier alpha value is -1.39. The summed E-state index contributed by atoms with van der Waals surface area (Å²) in [6, 6.07) is 11.7. The van der Waals surface area contributed by atoms with Gasteiger partial charge in [0.25, 0.3) is 0 Å². The van der Waals surface area contributed by atoms with Gasteiger partial charge in [-0.05, 0) is 32.3 Å². The third kappa shape index (κ3) is 4.82. The largest absolute Gasteiger partial charge is 0.480 e. The number of aliphatic carboxylic acids is 1. The van der Waals surface area contributed by atoms with Gasteiger partial charge in [-0.15, -0.1) is 0 Å². The van der Waals surface area contributed by atoms with E-state index in [1.54, 1.807) is 0 Å². The fourth-order valence-electron chi connectivity index (χ4n) is 3.44. The molecule has 2 atom stereocenters. The molecule has 0 radical (unpaired) electrons. The topological polar surface area (TPSA) is 52.6 Å². The minimum Gasteiger partial charge on any atom is -0.480 e. The molecule has 4 heteroatoms. The monoisotopic (exact) mass is 304 g/mol. The molecule has 1 fully saturated rings. The molecule has 1 saturated carbocycles. The molecule has 0 aromatic heterocycles. The van der Waals surface area contributed by atoms with E-state index in [2.05, 4.69) is 48.3 Å². The zero-order valence-electron chi connectivity index (χ0n) is 13.7.